The minimum Gasteiger partial charge on any atom is -0.493 e. The number of rotatable bonds is 12. The number of hydrogen-bond acceptors (Lipinski definition) is 8. The summed E-state index contributed by atoms with van der Waals surface area (Å²) in [4.78, 5) is 12.3. The SMILES string of the molecule is Cc1ccc(OCCCCNC(=O)NNc2c(S(C)(=O)=O)c(C)nn2-c2cccc(NS(C)(=O)=O)c2)c(C)c1. The Morgan fingerprint density at radius 1 is 1.00 bits per heavy atom. The molecule has 39 heavy (non-hydrogen) atoms. The zero-order valence-electron chi connectivity index (χ0n) is 22.5. The molecule has 0 atom stereocenters. The first-order valence-corrected chi connectivity index (χ1v) is 15.9. The zero-order valence-corrected chi connectivity index (χ0v) is 24.2. The van der Waals surface area contributed by atoms with Crippen LogP contribution in [-0.4, -0.2) is 58.3 Å². The van der Waals surface area contributed by atoms with Crippen molar-refractivity contribution in [1.29, 1.82) is 0 Å². The molecule has 1 heterocycles. The van der Waals surface area contributed by atoms with Crippen molar-refractivity contribution in [2.45, 2.75) is 38.5 Å². The predicted molar refractivity (Wildman–Crippen MR) is 151 cm³/mol. The van der Waals surface area contributed by atoms with Gasteiger partial charge in [0.1, 0.15) is 10.6 Å². The van der Waals surface area contributed by atoms with E-state index in [9.17, 15) is 21.6 Å². The highest BCUT2D eigenvalue weighted by Crippen LogP contribution is 2.28. The van der Waals surface area contributed by atoms with Crippen LogP contribution in [0.1, 0.15) is 29.7 Å². The lowest BCUT2D eigenvalue weighted by molar-refractivity contribution is 0.241. The fourth-order valence-corrected chi connectivity index (χ4v) is 5.52. The van der Waals surface area contributed by atoms with Crippen LogP contribution in [-0.2, 0) is 19.9 Å². The summed E-state index contributed by atoms with van der Waals surface area (Å²) in [7, 11) is -7.27. The van der Waals surface area contributed by atoms with Crippen molar-refractivity contribution >= 4 is 37.4 Å². The number of carbonyl (C=O) groups is 1. The molecule has 0 aliphatic heterocycles. The minimum atomic E-state index is -3.74. The molecular weight excluding hydrogens is 544 g/mol. The molecule has 0 bridgehead atoms. The number of ether oxygens (including phenoxy) is 1. The van der Waals surface area contributed by atoms with Crippen molar-refractivity contribution in [3.8, 4) is 11.4 Å². The molecule has 0 saturated heterocycles. The van der Waals surface area contributed by atoms with Gasteiger partial charge in [-0.25, -0.2) is 26.3 Å². The molecule has 0 spiro atoms. The molecule has 0 saturated carbocycles. The summed E-state index contributed by atoms with van der Waals surface area (Å²) < 4.78 is 57.7. The van der Waals surface area contributed by atoms with Crippen molar-refractivity contribution in [2.24, 2.45) is 0 Å². The third-order valence-electron chi connectivity index (χ3n) is 5.51. The molecule has 0 aliphatic carbocycles. The van der Waals surface area contributed by atoms with Gasteiger partial charge in [0.05, 0.1) is 29.9 Å². The molecule has 1 aromatic heterocycles. The van der Waals surface area contributed by atoms with Gasteiger partial charge < -0.3 is 10.1 Å². The average Bonchev–Trinajstić information content (AvgIpc) is 3.16. The summed E-state index contributed by atoms with van der Waals surface area (Å²) in [6, 6.07) is 11.7. The van der Waals surface area contributed by atoms with Gasteiger partial charge in [-0.15, -0.1) is 0 Å². The summed E-state index contributed by atoms with van der Waals surface area (Å²) in [5, 5.41) is 7.01. The molecule has 0 unspecified atom stereocenters. The number of amides is 2. The normalized spacial score (nSPS) is 11.6. The van der Waals surface area contributed by atoms with E-state index < -0.39 is 25.9 Å². The molecule has 0 fully saturated rings. The fourth-order valence-electron chi connectivity index (χ4n) is 3.90. The third-order valence-corrected chi connectivity index (χ3v) is 7.35. The van der Waals surface area contributed by atoms with Crippen LogP contribution in [0.2, 0.25) is 0 Å². The van der Waals surface area contributed by atoms with Crippen LogP contribution in [0.15, 0.2) is 47.4 Å². The van der Waals surface area contributed by atoms with Crippen LogP contribution in [0.4, 0.5) is 16.3 Å². The Morgan fingerprint density at radius 2 is 1.74 bits per heavy atom. The number of nitrogens with one attached hydrogen (secondary N) is 4. The van der Waals surface area contributed by atoms with Crippen molar-refractivity contribution < 1.29 is 26.4 Å². The number of anilines is 2. The molecular formula is C25H34N6O6S2. The summed E-state index contributed by atoms with van der Waals surface area (Å²) in [6.45, 7) is 6.43. The van der Waals surface area contributed by atoms with Crippen LogP contribution >= 0.6 is 0 Å². The Balaban J connectivity index is 1.62. The standard InChI is InChI=1S/C25H34N6O6S2/c1-17-11-12-22(18(2)15-17)37-14-7-6-13-26-25(32)28-27-24-23(38(4,33)34)19(3)29-31(24)21-10-8-9-20(16-21)30-39(5,35)36/h8-12,15-16,27,30H,6-7,13-14H2,1-5H3,(H2,26,28,32). The van der Waals surface area contributed by atoms with Gasteiger partial charge in [-0.05, 0) is 63.4 Å². The maximum absolute atomic E-state index is 12.5. The summed E-state index contributed by atoms with van der Waals surface area (Å²) >= 11 is 0. The predicted octanol–water partition coefficient (Wildman–Crippen LogP) is 3.06. The Labute approximate surface area is 229 Å². The zero-order chi connectivity index (χ0) is 28.8. The number of sulfonamides is 1. The summed E-state index contributed by atoms with van der Waals surface area (Å²) in [5.41, 5.74) is 8.18. The van der Waals surface area contributed by atoms with Crippen LogP contribution < -0.4 is 25.6 Å². The lowest BCUT2D eigenvalue weighted by Gasteiger charge is -2.14. The van der Waals surface area contributed by atoms with E-state index in [2.05, 4.69) is 32.1 Å². The molecule has 4 N–H and O–H groups in total. The number of unbranched alkanes of at least 4 members (excludes halogenated alkanes) is 1. The second-order valence-corrected chi connectivity index (χ2v) is 12.9. The van der Waals surface area contributed by atoms with E-state index in [4.69, 9.17) is 4.74 Å². The van der Waals surface area contributed by atoms with Gasteiger partial charge in [0.2, 0.25) is 10.0 Å². The smallest absolute Gasteiger partial charge is 0.333 e. The average molecular weight is 579 g/mol. The fraction of sp³-hybridized carbons (Fsp3) is 0.360. The number of hydrazine groups is 1. The van der Waals surface area contributed by atoms with E-state index in [1.165, 1.54) is 23.2 Å². The van der Waals surface area contributed by atoms with Gasteiger partial charge in [0.15, 0.2) is 15.7 Å². The Bertz CT molecular complexity index is 1550. The van der Waals surface area contributed by atoms with E-state index >= 15 is 0 Å². The third kappa shape index (κ3) is 8.61. The molecule has 3 rings (SSSR count). The van der Waals surface area contributed by atoms with Crippen LogP contribution in [0, 0.1) is 20.8 Å². The van der Waals surface area contributed by atoms with E-state index in [1.807, 2.05) is 26.0 Å². The Morgan fingerprint density at radius 3 is 2.41 bits per heavy atom. The van der Waals surface area contributed by atoms with E-state index in [1.54, 1.807) is 18.2 Å². The van der Waals surface area contributed by atoms with Gasteiger partial charge in [0.25, 0.3) is 0 Å². The highest BCUT2D eigenvalue weighted by atomic mass is 32.2. The lowest BCUT2D eigenvalue weighted by Crippen LogP contribution is -2.40. The Hall–Kier alpha value is -3.78. The largest absolute Gasteiger partial charge is 0.493 e. The monoisotopic (exact) mass is 578 g/mol. The summed E-state index contributed by atoms with van der Waals surface area (Å²) in [5.74, 6) is 0.838. The molecule has 2 amide bonds. The first-order chi connectivity index (χ1) is 18.2. The number of benzene rings is 2. The van der Waals surface area contributed by atoms with E-state index in [0.29, 0.717) is 25.3 Å². The highest BCUT2D eigenvalue weighted by molar-refractivity contribution is 7.92. The maximum atomic E-state index is 12.5. The molecule has 14 heteroatoms. The van der Waals surface area contributed by atoms with Crippen LogP contribution in [0.3, 0.4) is 0 Å². The van der Waals surface area contributed by atoms with Gasteiger partial charge in [0, 0.05) is 12.8 Å². The molecule has 212 valence electrons. The van der Waals surface area contributed by atoms with Crippen molar-refractivity contribution in [3.63, 3.8) is 0 Å². The van der Waals surface area contributed by atoms with Gasteiger partial charge in [-0.2, -0.15) is 5.10 Å². The quantitative estimate of drug-likeness (QED) is 0.188. The topological polar surface area (TPSA) is 161 Å². The van der Waals surface area contributed by atoms with Crippen LogP contribution in [0.25, 0.3) is 5.69 Å². The van der Waals surface area contributed by atoms with Crippen molar-refractivity contribution in [3.05, 3.63) is 59.3 Å². The van der Waals surface area contributed by atoms with Crippen LogP contribution in [0.5, 0.6) is 5.75 Å². The number of aryl methyl sites for hydroxylation is 3. The number of sulfone groups is 1. The maximum Gasteiger partial charge on any atom is 0.333 e. The van der Waals surface area contributed by atoms with Gasteiger partial charge >= 0.3 is 6.03 Å². The van der Waals surface area contributed by atoms with Gasteiger partial charge in [-0.3, -0.25) is 15.6 Å². The molecule has 0 radical (unpaired) electrons. The minimum absolute atomic E-state index is 0.00326. The number of urea groups is 1. The lowest BCUT2D eigenvalue weighted by atomic mass is 10.1. The number of nitrogens with zero attached hydrogens (tertiary/aromatic N) is 2. The summed E-state index contributed by atoms with van der Waals surface area (Å²) in [6.07, 6.45) is 3.45. The first-order valence-electron chi connectivity index (χ1n) is 12.1. The van der Waals surface area contributed by atoms with Crippen molar-refractivity contribution in [1.82, 2.24) is 20.5 Å². The Kier molecular flexibility index (Phi) is 9.45. The molecule has 3 aromatic rings. The molecule has 12 nitrogen and oxygen atoms in total. The van der Waals surface area contributed by atoms with E-state index in [-0.39, 0.29) is 22.1 Å². The number of hydrogen-bond donors (Lipinski definition) is 4. The second kappa shape index (κ2) is 12.4. The highest BCUT2D eigenvalue weighted by Gasteiger charge is 2.25. The van der Waals surface area contributed by atoms with E-state index in [0.717, 1.165) is 30.2 Å². The van der Waals surface area contributed by atoms with Crippen molar-refractivity contribution in [2.75, 3.05) is 35.8 Å². The number of carbonyl (C=O) groups excluding carboxylic acids is 1. The number of aromatic nitrogens is 2. The first kappa shape index (κ1) is 29.8. The molecule has 2 aromatic carbocycles. The molecule has 0 aliphatic rings. The van der Waals surface area contributed by atoms with Gasteiger partial charge in [-0.1, -0.05) is 23.8 Å². The second-order valence-electron chi connectivity index (χ2n) is 9.20.